The van der Waals surface area contributed by atoms with Gasteiger partial charge in [0, 0.05) is 5.69 Å². The molecule has 0 bridgehead atoms. The lowest BCUT2D eigenvalue weighted by atomic mass is 10.3. The zero-order chi connectivity index (χ0) is 18.7. The summed E-state index contributed by atoms with van der Waals surface area (Å²) >= 11 is 0. The Morgan fingerprint density at radius 1 is 1.15 bits per heavy atom. The van der Waals surface area contributed by atoms with E-state index in [0.717, 1.165) is 6.07 Å². The van der Waals surface area contributed by atoms with Crippen LogP contribution in [0.5, 0.6) is 0 Å². The molecule has 1 aliphatic heterocycles. The number of hydrogen-bond donors (Lipinski definition) is 1. The fraction of sp³-hybridized carbons (Fsp3) is 0.0625. The molecule has 0 unspecified atom stereocenters. The van der Waals surface area contributed by atoms with Crippen molar-refractivity contribution >= 4 is 27.3 Å². The molecule has 1 aromatic heterocycles. The summed E-state index contributed by atoms with van der Waals surface area (Å²) < 4.78 is 34.7. The molecule has 0 atom stereocenters. The van der Waals surface area contributed by atoms with Crippen molar-refractivity contribution in [1.29, 1.82) is 0 Å². The molecule has 0 aliphatic carbocycles. The molecule has 0 saturated carbocycles. The lowest BCUT2D eigenvalue weighted by Gasteiger charge is -2.10. The summed E-state index contributed by atoms with van der Waals surface area (Å²) in [7, 11) is -3.68. The van der Waals surface area contributed by atoms with Crippen LogP contribution in [0.3, 0.4) is 0 Å². The zero-order valence-corrected chi connectivity index (χ0v) is 13.9. The molecule has 0 spiro atoms. The molecule has 26 heavy (non-hydrogen) atoms. The van der Waals surface area contributed by atoms with Gasteiger partial charge in [-0.05, 0) is 42.5 Å². The summed E-state index contributed by atoms with van der Waals surface area (Å²) in [6.45, 7) is 0.175. The van der Waals surface area contributed by atoms with Crippen LogP contribution in [0.15, 0.2) is 69.0 Å². The number of ether oxygens (including phenoxy) is 1. The first kappa shape index (κ1) is 17.4. The molecule has 2 aromatic rings. The Labute approximate surface area is 147 Å². The third kappa shape index (κ3) is 3.49. The number of anilines is 1. The second-order valence-electron chi connectivity index (χ2n) is 5.12. The van der Waals surface area contributed by atoms with E-state index in [9.17, 15) is 23.3 Å². The Hall–Kier alpha value is -3.40. The predicted molar refractivity (Wildman–Crippen MR) is 90.1 cm³/mol. The van der Waals surface area contributed by atoms with E-state index < -0.39 is 26.6 Å². The number of hydrogen-bond acceptors (Lipinski definition) is 7. The largest absolute Gasteiger partial charge is 0.497 e. The van der Waals surface area contributed by atoms with Gasteiger partial charge in [-0.2, -0.15) is 0 Å². The van der Waals surface area contributed by atoms with Gasteiger partial charge in [0.25, 0.3) is 5.91 Å². The van der Waals surface area contributed by atoms with Crippen molar-refractivity contribution < 1.29 is 27.3 Å². The monoisotopic (exact) mass is 376 g/mol. The van der Waals surface area contributed by atoms with Gasteiger partial charge in [0.2, 0.25) is 9.84 Å². The molecule has 2 heterocycles. The lowest BCUT2D eigenvalue weighted by Crippen LogP contribution is -2.11. The van der Waals surface area contributed by atoms with Crippen molar-refractivity contribution in [2.75, 3.05) is 11.9 Å². The highest BCUT2D eigenvalue weighted by atomic mass is 32.2. The van der Waals surface area contributed by atoms with Crippen molar-refractivity contribution in [2.24, 2.45) is 0 Å². The average molecular weight is 376 g/mol. The number of nitro groups is 1. The van der Waals surface area contributed by atoms with Crippen LogP contribution >= 0.6 is 0 Å². The number of carbonyl (C=O) groups is 1. The molecule has 1 aliphatic rings. The van der Waals surface area contributed by atoms with Gasteiger partial charge in [-0.25, -0.2) is 8.42 Å². The summed E-state index contributed by atoms with van der Waals surface area (Å²) in [5.74, 6) is -1.47. The Kier molecular flexibility index (Phi) is 4.59. The van der Waals surface area contributed by atoms with Crippen molar-refractivity contribution in [3.8, 4) is 0 Å². The topological polar surface area (TPSA) is 129 Å². The standard InChI is InChI=1S/C16H12N2O7S/c19-16(14-5-6-15(25-14)18(20)21)17-11-1-3-12(4-2-11)26(22,23)13-7-9-24-10-8-13/h1-9H,10H2,(H,17,19). The molecule has 1 N–H and O–H groups in total. The lowest BCUT2D eigenvalue weighted by molar-refractivity contribution is -0.402. The molecule has 1 amide bonds. The summed E-state index contributed by atoms with van der Waals surface area (Å²) in [4.78, 5) is 22.0. The molecular formula is C16H12N2O7S. The van der Waals surface area contributed by atoms with Crippen LogP contribution in [0.1, 0.15) is 10.6 Å². The van der Waals surface area contributed by atoms with Gasteiger partial charge in [0.05, 0.1) is 22.1 Å². The number of furan rings is 1. The van der Waals surface area contributed by atoms with Crippen LogP contribution in [-0.2, 0) is 14.6 Å². The van der Waals surface area contributed by atoms with Gasteiger partial charge < -0.3 is 14.5 Å². The first-order chi connectivity index (χ1) is 12.4. The maximum absolute atomic E-state index is 12.5. The third-order valence-corrected chi connectivity index (χ3v) is 5.25. The quantitative estimate of drug-likeness (QED) is 0.627. The van der Waals surface area contributed by atoms with E-state index in [1.807, 2.05) is 0 Å². The van der Waals surface area contributed by atoms with E-state index in [4.69, 9.17) is 9.15 Å². The van der Waals surface area contributed by atoms with E-state index in [1.54, 1.807) is 0 Å². The van der Waals surface area contributed by atoms with Gasteiger partial charge in [0.15, 0.2) is 5.76 Å². The molecule has 3 rings (SSSR count). The zero-order valence-electron chi connectivity index (χ0n) is 13.1. The fourth-order valence-electron chi connectivity index (χ4n) is 2.16. The first-order valence-corrected chi connectivity index (χ1v) is 8.75. The summed E-state index contributed by atoms with van der Waals surface area (Å²) in [6, 6.07) is 7.76. The number of amides is 1. The Balaban J connectivity index is 1.75. The highest BCUT2D eigenvalue weighted by Gasteiger charge is 2.21. The summed E-state index contributed by atoms with van der Waals surface area (Å²) in [5, 5.41) is 13.0. The maximum atomic E-state index is 12.5. The van der Waals surface area contributed by atoms with E-state index in [0.29, 0.717) is 5.69 Å². The fourth-order valence-corrected chi connectivity index (χ4v) is 3.45. The molecular weight excluding hydrogens is 364 g/mol. The van der Waals surface area contributed by atoms with Crippen LogP contribution in [0.25, 0.3) is 0 Å². The predicted octanol–water partition coefficient (Wildman–Crippen LogP) is 2.64. The van der Waals surface area contributed by atoms with Gasteiger partial charge in [-0.3, -0.25) is 14.9 Å². The summed E-state index contributed by atoms with van der Waals surface area (Å²) in [6.07, 6.45) is 4.12. The number of allylic oxidation sites excluding steroid dienone is 1. The maximum Gasteiger partial charge on any atom is 0.433 e. The van der Waals surface area contributed by atoms with Crippen molar-refractivity contribution in [2.45, 2.75) is 4.90 Å². The number of carbonyl (C=O) groups excluding carboxylic acids is 1. The minimum atomic E-state index is -3.68. The molecule has 134 valence electrons. The minimum Gasteiger partial charge on any atom is -0.497 e. The third-order valence-electron chi connectivity index (χ3n) is 3.44. The Morgan fingerprint density at radius 2 is 1.88 bits per heavy atom. The summed E-state index contributed by atoms with van der Waals surface area (Å²) in [5.41, 5.74) is 0.310. The Morgan fingerprint density at radius 3 is 2.46 bits per heavy atom. The number of benzene rings is 1. The van der Waals surface area contributed by atoms with E-state index in [1.165, 1.54) is 48.7 Å². The van der Waals surface area contributed by atoms with Gasteiger partial charge in [-0.15, -0.1) is 0 Å². The van der Waals surface area contributed by atoms with Crippen molar-refractivity contribution in [3.05, 3.63) is 75.6 Å². The molecule has 10 heteroatoms. The van der Waals surface area contributed by atoms with E-state index in [2.05, 4.69) is 5.32 Å². The highest BCUT2D eigenvalue weighted by Crippen LogP contribution is 2.24. The minimum absolute atomic E-state index is 0.0573. The average Bonchev–Trinajstić information content (AvgIpc) is 3.13. The van der Waals surface area contributed by atoms with Gasteiger partial charge in [-0.1, -0.05) is 0 Å². The molecule has 1 aromatic carbocycles. The van der Waals surface area contributed by atoms with Crippen molar-refractivity contribution in [1.82, 2.24) is 0 Å². The SMILES string of the molecule is O=C(Nc1ccc(S(=O)(=O)C2=CCOC=C2)cc1)c1ccc([N+](=O)[O-])o1. The van der Waals surface area contributed by atoms with Crippen LogP contribution in [-0.4, -0.2) is 25.9 Å². The van der Waals surface area contributed by atoms with Gasteiger partial charge in [0.1, 0.15) is 11.5 Å². The molecule has 0 fully saturated rings. The van der Waals surface area contributed by atoms with Crippen LogP contribution in [0.2, 0.25) is 0 Å². The van der Waals surface area contributed by atoms with Crippen LogP contribution in [0.4, 0.5) is 11.6 Å². The second-order valence-corrected chi connectivity index (χ2v) is 7.07. The number of nitrogens with one attached hydrogen (secondary N) is 1. The van der Waals surface area contributed by atoms with Gasteiger partial charge >= 0.3 is 5.88 Å². The normalized spacial score (nSPS) is 13.6. The van der Waals surface area contributed by atoms with E-state index >= 15 is 0 Å². The highest BCUT2D eigenvalue weighted by molar-refractivity contribution is 7.95. The number of rotatable bonds is 5. The molecule has 0 radical (unpaired) electrons. The van der Waals surface area contributed by atoms with Crippen molar-refractivity contribution in [3.63, 3.8) is 0 Å². The molecule has 0 saturated heterocycles. The Bertz CT molecular complexity index is 1020. The van der Waals surface area contributed by atoms with E-state index in [-0.39, 0.29) is 22.2 Å². The number of nitrogens with zero attached hydrogens (tertiary/aromatic N) is 1. The molecule has 9 nitrogen and oxygen atoms in total. The smallest absolute Gasteiger partial charge is 0.433 e. The van der Waals surface area contributed by atoms with Crippen LogP contribution < -0.4 is 5.32 Å². The number of sulfone groups is 1. The van der Waals surface area contributed by atoms with Crippen LogP contribution in [0, 0.1) is 10.1 Å². The second kappa shape index (κ2) is 6.84. The first-order valence-electron chi connectivity index (χ1n) is 7.27.